The van der Waals surface area contributed by atoms with Gasteiger partial charge in [-0.15, -0.1) is 0 Å². The zero-order chi connectivity index (χ0) is 18.0. The number of aliphatic carboxylic acids is 1. The number of benzene rings is 2. The normalized spacial score (nSPS) is 21.2. The van der Waals surface area contributed by atoms with Crippen molar-refractivity contribution >= 4 is 23.3 Å². The van der Waals surface area contributed by atoms with E-state index in [0.29, 0.717) is 10.7 Å². The maximum atomic E-state index is 9.37. The van der Waals surface area contributed by atoms with Gasteiger partial charge in [0.15, 0.2) is 0 Å². The first-order valence-electron chi connectivity index (χ1n) is 8.84. The van der Waals surface area contributed by atoms with Crippen LogP contribution in [-0.4, -0.2) is 11.1 Å². The molecule has 3 N–H and O–H groups in total. The van der Waals surface area contributed by atoms with Crippen LogP contribution in [0.15, 0.2) is 42.5 Å². The van der Waals surface area contributed by atoms with Gasteiger partial charge in [0.2, 0.25) is 0 Å². The number of carbonyl (C=O) groups is 1. The molecule has 4 heteroatoms. The molecular weight excluding hydrogens is 334 g/mol. The van der Waals surface area contributed by atoms with Crippen molar-refractivity contribution in [3.63, 3.8) is 0 Å². The molecule has 2 aliphatic rings. The Hall–Kier alpha value is -2.00. The molecule has 3 nitrogen and oxygen atoms in total. The summed E-state index contributed by atoms with van der Waals surface area (Å²) >= 11 is 6.10. The quantitative estimate of drug-likeness (QED) is 0.756. The largest absolute Gasteiger partial charge is 0.481 e. The van der Waals surface area contributed by atoms with Gasteiger partial charge in [0, 0.05) is 11.8 Å². The first kappa shape index (κ1) is 17.8. The van der Waals surface area contributed by atoms with E-state index in [9.17, 15) is 4.79 Å². The lowest BCUT2D eigenvalue weighted by Gasteiger charge is -2.32. The Labute approximate surface area is 153 Å². The Morgan fingerprint density at radius 2 is 1.96 bits per heavy atom. The third kappa shape index (κ3) is 3.38. The summed E-state index contributed by atoms with van der Waals surface area (Å²) in [7, 11) is 0. The number of carboxylic acids is 1. The van der Waals surface area contributed by atoms with E-state index in [-0.39, 0.29) is 11.8 Å². The van der Waals surface area contributed by atoms with Gasteiger partial charge in [-0.3, -0.25) is 4.79 Å². The first-order chi connectivity index (χ1) is 12.0. The second-order valence-corrected chi connectivity index (χ2v) is 7.29. The summed E-state index contributed by atoms with van der Waals surface area (Å²) in [4.78, 5) is 9.37. The summed E-state index contributed by atoms with van der Waals surface area (Å²) in [6.45, 7) is 1.60. The van der Waals surface area contributed by atoms with Crippen molar-refractivity contribution < 1.29 is 9.90 Å². The third-order valence-corrected chi connectivity index (χ3v) is 5.72. The number of anilines is 1. The maximum absolute atomic E-state index is 9.37. The van der Waals surface area contributed by atoms with Gasteiger partial charge in [0.1, 0.15) is 0 Å². The summed E-state index contributed by atoms with van der Waals surface area (Å²) < 4.78 is 0. The SMILES string of the molecule is CCC(=O)O.Nc1cc([C@@]2(C3CC3)CCc3ccccc32)ccc1Cl. The van der Waals surface area contributed by atoms with Crippen LogP contribution in [0.4, 0.5) is 5.69 Å². The van der Waals surface area contributed by atoms with Crippen LogP contribution in [0.5, 0.6) is 0 Å². The molecule has 0 bridgehead atoms. The molecule has 0 aliphatic heterocycles. The molecule has 1 atom stereocenters. The fraction of sp³-hybridized carbons (Fsp3) is 0.381. The molecule has 0 unspecified atom stereocenters. The van der Waals surface area contributed by atoms with Gasteiger partial charge in [0.05, 0.1) is 10.7 Å². The average Bonchev–Trinajstić information content (AvgIpc) is 3.39. The van der Waals surface area contributed by atoms with Crippen molar-refractivity contribution in [3.8, 4) is 0 Å². The second kappa shape index (κ2) is 7.09. The fourth-order valence-electron chi connectivity index (χ4n) is 4.00. The number of hydrogen-bond acceptors (Lipinski definition) is 2. The van der Waals surface area contributed by atoms with E-state index in [4.69, 9.17) is 22.4 Å². The number of nitrogens with two attached hydrogens (primary N) is 1. The van der Waals surface area contributed by atoms with Gasteiger partial charge >= 0.3 is 5.97 Å². The van der Waals surface area contributed by atoms with Crippen LogP contribution in [0.3, 0.4) is 0 Å². The highest BCUT2D eigenvalue weighted by molar-refractivity contribution is 6.33. The number of nitrogen functional groups attached to an aromatic ring is 1. The third-order valence-electron chi connectivity index (χ3n) is 5.37. The van der Waals surface area contributed by atoms with E-state index < -0.39 is 5.97 Å². The summed E-state index contributed by atoms with van der Waals surface area (Å²) in [5, 5.41) is 8.38. The standard InChI is InChI=1S/C18H18ClN.C3H6O2/c19-16-8-7-14(11-17(16)20)18(13-5-6-13)10-9-12-3-1-2-4-15(12)18;1-2-3(4)5/h1-4,7-8,11,13H,5-6,9-10,20H2;2H2,1H3,(H,4,5)/t18-;/m0./s1. The van der Waals surface area contributed by atoms with Crippen molar-refractivity contribution in [1.29, 1.82) is 0 Å². The molecule has 0 heterocycles. The zero-order valence-corrected chi connectivity index (χ0v) is 15.2. The van der Waals surface area contributed by atoms with E-state index in [2.05, 4.69) is 36.4 Å². The molecule has 1 fully saturated rings. The fourth-order valence-corrected chi connectivity index (χ4v) is 4.11. The zero-order valence-electron chi connectivity index (χ0n) is 14.5. The Balaban J connectivity index is 0.000000324. The van der Waals surface area contributed by atoms with E-state index in [0.717, 1.165) is 5.92 Å². The summed E-state index contributed by atoms with van der Waals surface area (Å²) in [5.41, 5.74) is 11.3. The van der Waals surface area contributed by atoms with Gasteiger partial charge in [-0.1, -0.05) is 48.9 Å². The van der Waals surface area contributed by atoms with Crippen LogP contribution in [0, 0.1) is 5.92 Å². The van der Waals surface area contributed by atoms with Crippen LogP contribution in [0.1, 0.15) is 49.3 Å². The molecule has 1 saturated carbocycles. The molecule has 2 aliphatic carbocycles. The summed E-state index contributed by atoms with van der Waals surface area (Å²) in [5.74, 6) is 0.0247. The van der Waals surface area contributed by atoms with Crippen molar-refractivity contribution in [3.05, 3.63) is 64.2 Å². The number of aryl methyl sites for hydroxylation is 1. The van der Waals surface area contributed by atoms with Gasteiger partial charge in [-0.05, 0) is 60.4 Å². The lowest BCUT2D eigenvalue weighted by Crippen LogP contribution is -2.27. The van der Waals surface area contributed by atoms with E-state index >= 15 is 0 Å². The van der Waals surface area contributed by atoms with Crippen LogP contribution >= 0.6 is 11.6 Å². The molecule has 2 aromatic rings. The van der Waals surface area contributed by atoms with Crippen molar-refractivity contribution in [1.82, 2.24) is 0 Å². The molecule has 2 aromatic carbocycles. The van der Waals surface area contributed by atoms with Crippen molar-refractivity contribution in [2.75, 3.05) is 5.73 Å². The molecule has 0 spiro atoms. The average molecular weight is 358 g/mol. The first-order valence-corrected chi connectivity index (χ1v) is 9.22. The smallest absolute Gasteiger partial charge is 0.303 e. The van der Waals surface area contributed by atoms with Crippen LogP contribution < -0.4 is 5.73 Å². The van der Waals surface area contributed by atoms with Crippen molar-refractivity contribution in [2.45, 2.75) is 44.4 Å². The molecule has 132 valence electrons. The molecule has 0 saturated heterocycles. The minimum Gasteiger partial charge on any atom is -0.481 e. The van der Waals surface area contributed by atoms with Crippen molar-refractivity contribution in [2.24, 2.45) is 5.92 Å². The minimum atomic E-state index is -0.745. The van der Waals surface area contributed by atoms with Crippen LogP contribution in [0.2, 0.25) is 5.02 Å². The number of halogens is 1. The Morgan fingerprint density at radius 1 is 1.28 bits per heavy atom. The maximum Gasteiger partial charge on any atom is 0.303 e. The molecule has 4 rings (SSSR count). The number of fused-ring (bicyclic) bond motifs is 1. The Kier molecular flexibility index (Phi) is 5.05. The number of carboxylic acid groups (broad SMARTS) is 1. The van der Waals surface area contributed by atoms with Gasteiger partial charge < -0.3 is 10.8 Å². The molecular formula is C21H24ClNO2. The van der Waals surface area contributed by atoms with E-state index in [1.54, 1.807) is 6.92 Å². The topological polar surface area (TPSA) is 63.3 Å². The van der Waals surface area contributed by atoms with E-state index in [1.807, 2.05) is 6.07 Å². The lowest BCUT2D eigenvalue weighted by molar-refractivity contribution is -0.136. The predicted molar refractivity (Wildman–Crippen MR) is 102 cm³/mol. The highest BCUT2D eigenvalue weighted by Crippen LogP contribution is 2.57. The highest BCUT2D eigenvalue weighted by atomic mass is 35.5. The summed E-state index contributed by atoms with van der Waals surface area (Å²) in [6.07, 6.45) is 5.26. The molecule has 25 heavy (non-hydrogen) atoms. The number of hydrogen-bond donors (Lipinski definition) is 2. The molecule has 0 amide bonds. The van der Waals surface area contributed by atoms with Gasteiger partial charge in [-0.25, -0.2) is 0 Å². The molecule has 0 aromatic heterocycles. The van der Waals surface area contributed by atoms with Crippen LogP contribution in [0.25, 0.3) is 0 Å². The minimum absolute atomic E-state index is 0.176. The second-order valence-electron chi connectivity index (χ2n) is 6.89. The van der Waals surface area contributed by atoms with Crippen LogP contribution in [-0.2, 0) is 16.6 Å². The predicted octanol–water partition coefficient (Wildman–Crippen LogP) is 5.05. The number of rotatable bonds is 3. The summed E-state index contributed by atoms with van der Waals surface area (Å²) in [6, 6.07) is 15.1. The molecule has 0 radical (unpaired) electrons. The Bertz CT molecular complexity index is 785. The highest BCUT2D eigenvalue weighted by Gasteiger charge is 2.50. The monoisotopic (exact) mass is 357 g/mol. The van der Waals surface area contributed by atoms with Gasteiger partial charge in [-0.2, -0.15) is 0 Å². The van der Waals surface area contributed by atoms with Gasteiger partial charge in [0.25, 0.3) is 0 Å². The lowest BCUT2D eigenvalue weighted by atomic mass is 9.71. The van der Waals surface area contributed by atoms with E-state index in [1.165, 1.54) is 42.4 Å². The Morgan fingerprint density at radius 3 is 2.56 bits per heavy atom.